The van der Waals surface area contributed by atoms with E-state index in [4.69, 9.17) is 9.88 Å². The monoisotopic (exact) mass is 247 g/mol. The molecule has 0 aliphatic heterocycles. The van der Waals surface area contributed by atoms with Gasteiger partial charge in [-0.15, -0.1) is 0 Å². The van der Waals surface area contributed by atoms with Crippen molar-refractivity contribution in [3.8, 4) is 0 Å². The van der Waals surface area contributed by atoms with Crippen LogP contribution in [0, 0.1) is 5.41 Å². The zero-order valence-corrected chi connectivity index (χ0v) is 10.5. The molecule has 4 nitrogen and oxygen atoms in total. The van der Waals surface area contributed by atoms with Crippen molar-refractivity contribution in [2.75, 3.05) is 12.4 Å². The van der Waals surface area contributed by atoms with Crippen LogP contribution >= 0.6 is 0 Å². The molecule has 16 heavy (non-hydrogen) atoms. The van der Waals surface area contributed by atoms with Gasteiger partial charge in [0.15, 0.2) is 0 Å². The molecule has 94 valence electrons. The Morgan fingerprint density at radius 3 is 2.25 bits per heavy atom. The van der Waals surface area contributed by atoms with Gasteiger partial charge in [0, 0.05) is 5.41 Å². The average molecular weight is 247 g/mol. The number of hydrogen-bond acceptors (Lipinski definition) is 3. The molecular weight excluding hydrogens is 226 g/mol. The predicted molar refractivity (Wildman–Crippen MR) is 62.5 cm³/mol. The van der Waals surface area contributed by atoms with Crippen LogP contribution in [-0.4, -0.2) is 26.9 Å². The molecule has 0 heterocycles. The van der Waals surface area contributed by atoms with E-state index in [0.29, 0.717) is 12.7 Å². The van der Waals surface area contributed by atoms with E-state index in [2.05, 4.69) is 0 Å². The Bertz CT molecular complexity index is 329. The molecule has 0 atom stereocenters. The minimum Gasteiger partial charge on any atom is -0.378 e. The lowest BCUT2D eigenvalue weighted by Crippen LogP contribution is -2.37. The first-order valence-electron chi connectivity index (χ1n) is 6.11. The Morgan fingerprint density at radius 2 is 1.81 bits per heavy atom. The summed E-state index contributed by atoms with van der Waals surface area (Å²) in [4.78, 5) is 0. The van der Waals surface area contributed by atoms with Crippen LogP contribution in [0.4, 0.5) is 0 Å². The zero-order valence-electron chi connectivity index (χ0n) is 9.65. The summed E-state index contributed by atoms with van der Waals surface area (Å²) < 4.78 is 28.3. The van der Waals surface area contributed by atoms with Gasteiger partial charge in [0.2, 0.25) is 10.0 Å². The highest BCUT2D eigenvalue weighted by Crippen LogP contribution is 2.40. The smallest absolute Gasteiger partial charge is 0.209 e. The third kappa shape index (κ3) is 3.18. The summed E-state index contributed by atoms with van der Waals surface area (Å²) in [7, 11) is -3.38. The molecule has 0 unspecified atom stereocenters. The highest BCUT2D eigenvalue weighted by molar-refractivity contribution is 7.89. The van der Waals surface area contributed by atoms with Gasteiger partial charge >= 0.3 is 0 Å². The summed E-state index contributed by atoms with van der Waals surface area (Å²) in [5, 5.41) is 5.17. The SMILES string of the molecule is NS(=O)(=O)CC1(COC2CCC2)CCCC1. The Labute approximate surface area is 97.6 Å². The molecule has 0 amide bonds. The fourth-order valence-corrected chi connectivity index (χ4v) is 3.94. The molecule has 0 aromatic carbocycles. The van der Waals surface area contributed by atoms with Crippen LogP contribution in [0.1, 0.15) is 44.9 Å². The molecule has 0 radical (unpaired) electrons. The first-order chi connectivity index (χ1) is 7.49. The Kier molecular flexibility index (Phi) is 3.56. The Balaban J connectivity index is 1.92. The van der Waals surface area contributed by atoms with E-state index in [1.807, 2.05) is 0 Å². The Hall–Kier alpha value is -0.130. The van der Waals surface area contributed by atoms with Crippen molar-refractivity contribution in [3.05, 3.63) is 0 Å². The van der Waals surface area contributed by atoms with Crippen molar-refractivity contribution in [2.24, 2.45) is 10.6 Å². The van der Waals surface area contributed by atoms with Crippen LogP contribution < -0.4 is 5.14 Å². The molecule has 2 fully saturated rings. The van der Waals surface area contributed by atoms with Gasteiger partial charge in [0.05, 0.1) is 18.5 Å². The summed E-state index contributed by atoms with van der Waals surface area (Å²) in [6, 6.07) is 0. The van der Waals surface area contributed by atoms with Gasteiger partial charge in [-0.2, -0.15) is 0 Å². The fraction of sp³-hybridized carbons (Fsp3) is 1.00. The molecule has 2 aliphatic rings. The number of sulfonamides is 1. The van der Waals surface area contributed by atoms with Crippen LogP contribution in [0.5, 0.6) is 0 Å². The predicted octanol–water partition coefficient (Wildman–Crippen LogP) is 1.40. The molecule has 2 aliphatic carbocycles. The van der Waals surface area contributed by atoms with E-state index >= 15 is 0 Å². The topological polar surface area (TPSA) is 69.4 Å². The first-order valence-corrected chi connectivity index (χ1v) is 7.83. The van der Waals surface area contributed by atoms with Crippen molar-refractivity contribution in [1.82, 2.24) is 0 Å². The minimum atomic E-state index is -3.38. The van der Waals surface area contributed by atoms with Crippen LogP contribution in [0.2, 0.25) is 0 Å². The lowest BCUT2D eigenvalue weighted by molar-refractivity contribution is -0.0375. The first kappa shape index (κ1) is 12.3. The third-order valence-electron chi connectivity index (χ3n) is 3.85. The normalized spacial score (nSPS) is 25.6. The maximum atomic E-state index is 11.2. The van der Waals surface area contributed by atoms with Gasteiger partial charge in [-0.3, -0.25) is 0 Å². The molecule has 0 saturated heterocycles. The summed E-state index contributed by atoms with van der Waals surface area (Å²) in [5.41, 5.74) is -0.191. The number of rotatable bonds is 5. The maximum absolute atomic E-state index is 11.2. The zero-order chi connectivity index (χ0) is 11.6. The maximum Gasteiger partial charge on any atom is 0.209 e. The van der Waals surface area contributed by atoms with Crippen molar-refractivity contribution < 1.29 is 13.2 Å². The Morgan fingerprint density at radius 1 is 1.19 bits per heavy atom. The van der Waals surface area contributed by atoms with Gasteiger partial charge in [0.1, 0.15) is 0 Å². The molecule has 0 aromatic heterocycles. The van der Waals surface area contributed by atoms with E-state index < -0.39 is 10.0 Å². The largest absolute Gasteiger partial charge is 0.378 e. The van der Waals surface area contributed by atoms with Crippen molar-refractivity contribution in [2.45, 2.75) is 51.0 Å². The fourth-order valence-electron chi connectivity index (χ4n) is 2.71. The second-order valence-corrected chi connectivity index (χ2v) is 6.99. The standard InChI is InChI=1S/C11H21NO3S/c12-16(13,14)9-11(6-1-2-7-11)8-15-10-4-3-5-10/h10H,1-9H2,(H2,12,13,14). The molecule has 2 rings (SSSR count). The van der Waals surface area contributed by atoms with E-state index in [0.717, 1.165) is 38.5 Å². The average Bonchev–Trinajstić information content (AvgIpc) is 2.47. The second-order valence-electron chi connectivity index (χ2n) is 5.38. The van der Waals surface area contributed by atoms with Crippen LogP contribution in [0.15, 0.2) is 0 Å². The highest BCUT2D eigenvalue weighted by Gasteiger charge is 2.38. The molecule has 2 saturated carbocycles. The van der Waals surface area contributed by atoms with Crippen LogP contribution in [-0.2, 0) is 14.8 Å². The summed E-state index contributed by atoms with van der Waals surface area (Å²) >= 11 is 0. The van der Waals surface area contributed by atoms with Crippen molar-refractivity contribution in [1.29, 1.82) is 0 Å². The van der Waals surface area contributed by atoms with E-state index in [1.54, 1.807) is 0 Å². The lowest BCUT2D eigenvalue weighted by atomic mass is 9.89. The van der Waals surface area contributed by atoms with Crippen LogP contribution in [0.25, 0.3) is 0 Å². The van der Waals surface area contributed by atoms with E-state index in [-0.39, 0.29) is 11.2 Å². The molecule has 0 spiro atoms. The molecule has 0 bridgehead atoms. The molecule has 0 aromatic rings. The third-order valence-corrected chi connectivity index (χ3v) is 4.86. The second kappa shape index (κ2) is 4.63. The number of ether oxygens (including phenoxy) is 1. The van der Waals surface area contributed by atoms with Gasteiger partial charge in [-0.25, -0.2) is 13.6 Å². The summed E-state index contributed by atoms with van der Waals surface area (Å²) in [6.45, 7) is 0.577. The number of nitrogens with two attached hydrogens (primary N) is 1. The van der Waals surface area contributed by atoms with Crippen LogP contribution in [0.3, 0.4) is 0 Å². The van der Waals surface area contributed by atoms with E-state index in [1.165, 1.54) is 6.42 Å². The van der Waals surface area contributed by atoms with Gasteiger partial charge in [0.25, 0.3) is 0 Å². The number of primary sulfonamides is 1. The quantitative estimate of drug-likeness (QED) is 0.798. The number of hydrogen-bond donors (Lipinski definition) is 1. The minimum absolute atomic E-state index is 0.0900. The van der Waals surface area contributed by atoms with Crippen molar-refractivity contribution in [3.63, 3.8) is 0 Å². The van der Waals surface area contributed by atoms with Gasteiger partial charge < -0.3 is 4.74 Å². The molecular formula is C11H21NO3S. The van der Waals surface area contributed by atoms with Gasteiger partial charge in [-0.1, -0.05) is 12.8 Å². The highest BCUT2D eigenvalue weighted by atomic mass is 32.2. The lowest BCUT2D eigenvalue weighted by Gasteiger charge is -2.33. The van der Waals surface area contributed by atoms with Crippen molar-refractivity contribution >= 4 is 10.0 Å². The molecule has 2 N–H and O–H groups in total. The van der Waals surface area contributed by atoms with Gasteiger partial charge in [-0.05, 0) is 32.1 Å². The summed E-state index contributed by atoms with van der Waals surface area (Å²) in [6.07, 6.45) is 7.96. The van der Waals surface area contributed by atoms with E-state index in [9.17, 15) is 8.42 Å². The molecule has 5 heteroatoms. The summed E-state index contributed by atoms with van der Waals surface area (Å²) in [5.74, 6) is 0.0900.